The fraction of sp³-hybridized carbons (Fsp3) is 0.286. The van der Waals surface area contributed by atoms with Gasteiger partial charge >= 0.3 is 5.97 Å². The van der Waals surface area contributed by atoms with Crippen molar-refractivity contribution in [2.75, 3.05) is 7.11 Å². The maximum absolute atomic E-state index is 12.4. The Hall–Kier alpha value is -2.19. The molecule has 0 saturated heterocycles. The van der Waals surface area contributed by atoms with E-state index in [1.807, 2.05) is 6.07 Å². The van der Waals surface area contributed by atoms with E-state index >= 15 is 0 Å². The van der Waals surface area contributed by atoms with E-state index in [4.69, 9.17) is 0 Å². The van der Waals surface area contributed by atoms with Crippen molar-refractivity contribution in [3.05, 3.63) is 48.3 Å². The van der Waals surface area contributed by atoms with E-state index in [1.54, 1.807) is 31.3 Å². The maximum Gasteiger partial charge on any atom is 0.307 e. The van der Waals surface area contributed by atoms with Gasteiger partial charge in [0.1, 0.15) is 4.90 Å². The first kappa shape index (κ1) is 16.2. The summed E-state index contributed by atoms with van der Waals surface area (Å²) in [5.74, 6) is -0.497. The molecule has 0 unspecified atom stereocenters. The van der Waals surface area contributed by atoms with Crippen molar-refractivity contribution < 1.29 is 17.9 Å². The van der Waals surface area contributed by atoms with Crippen molar-refractivity contribution in [1.82, 2.24) is 14.5 Å². The molecule has 8 heteroatoms. The number of benzene rings is 1. The molecule has 0 spiro atoms. The number of ether oxygens (including phenoxy) is 1. The van der Waals surface area contributed by atoms with Gasteiger partial charge in [-0.25, -0.2) is 13.1 Å². The number of nitrogens with one attached hydrogen (secondary N) is 1. The quantitative estimate of drug-likeness (QED) is 0.801. The van der Waals surface area contributed by atoms with E-state index in [0.717, 1.165) is 0 Å². The van der Waals surface area contributed by atoms with Crippen LogP contribution in [0.2, 0.25) is 0 Å². The summed E-state index contributed by atoms with van der Waals surface area (Å²) in [6.45, 7) is 0. The molecule has 0 aliphatic carbocycles. The summed E-state index contributed by atoms with van der Waals surface area (Å²) in [7, 11) is -0.891. The summed E-state index contributed by atoms with van der Waals surface area (Å²) < 4.78 is 33.3. The van der Waals surface area contributed by atoms with Crippen LogP contribution in [0.15, 0.2) is 47.6 Å². The molecule has 0 radical (unpaired) electrons. The topological polar surface area (TPSA) is 90.3 Å². The summed E-state index contributed by atoms with van der Waals surface area (Å²) in [5, 5.41) is 3.85. The molecule has 22 heavy (non-hydrogen) atoms. The highest BCUT2D eigenvalue weighted by Gasteiger charge is 2.24. The van der Waals surface area contributed by atoms with E-state index in [9.17, 15) is 13.2 Å². The second-order valence-electron chi connectivity index (χ2n) is 4.71. The maximum atomic E-state index is 12.4. The van der Waals surface area contributed by atoms with Crippen molar-refractivity contribution in [3.8, 4) is 0 Å². The molecule has 0 fully saturated rings. The number of aromatic nitrogens is 2. The van der Waals surface area contributed by atoms with Gasteiger partial charge in [0.15, 0.2) is 0 Å². The second kappa shape index (κ2) is 6.71. The number of hydrogen-bond donors (Lipinski definition) is 1. The Bertz CT molecular complexity index is 740. The molecule has 0 saturated carbocycles. The SMILES string of the molecule is COC(=O)C[C@H](NS(=O)(=O)c1cnn(C)c1)c1ccccc1. The van der Waals surface area contributed by atoms with Crippen molar-refractivity contribution in [2.24, 2.45) is 7.05 Å². The standard InChI is InChI=1S/C14H17N3O4S/c1-17-10-12(9-15-17)22(19,20)16-13(8-14(18)21-2)11-6-4-3-5-7-11/h3-7,9-10,13,16H,8H2,1-2H3/t13-/m0/s1. The van der Waals surface area contributed by atoms with E-state index in [2.05, 4.69) is 14.6 Å². The van der Waals surface area contributed by atoms with Gasteiger partial charge in [0.05, 0.1) is 25.8 Å². The Morgan fingerprint density at radius 1 is 1.36 bits per heavy atom. The normalized spacial score (nSPS) is 12.8. The van der Waals surface area contributed by atoms with Crippen molar-refractivity contribution in [3.63, 3.8) is 0 Å². The lowest BCUT2D eigenvalue weighted by molar-refractivity contribution is -0.141. The van der Waals surface area contributed by atoms with Crippen LogP contribution in [0.1, 0.15) is 18.0 Å². The van der Waals surface area contributed by atoms with Crippen LogP contribution in [0.3, 0.4) is 0 Å². The van der Waals surface area contributed by atoms with Crippen LogP contribution in [-0.2, 0) is 26.6 Å². The fourth-order valence-corrected chi connectivity index (χ4v) is 3.16. The summed E-state index contributed by atoms with van der Waals surface area (Å²) >= 11 is 0. The zero-order chi connectivity index (χ0) is 16.2. The average molecular weight is 323 g/mol. The molecular weight excluding hydrogens is 306 g/mol. The van der Waals surface area contributed by atoms with Crippen LogP contribution < -0.4 is 4.72 Å². The molecule has 0 amide bonds. The predicted molar refractivity (Wildman–Crippen MR) is 79.3 cm³/mol. The number of hydrogen-bond acceptors (Lipinski definition) is 5. The summed E-state index contributed by atoms with van der Waals surface area (Å²) in [6.07, 6.45) is 2.55. The molecule has 0 aliphatic heterocycles. The van der Waals surface area contributed by atoms with Crippen molar-refractivity contribution >= 4 is 16.0 Å². The third-order valence-corrected chi connectivity index (χ3v) is 4.52. The van der Waals surface area contributed by atoms with E-state index in [-0.39, 0.29) is 11.3 Å². The van der Waals surface area contributed by atoms with Gasteiger partial charge in [-0.15, -0.1) is 0 Å². The second-order valence-corrected chi connectivity index (χ2v) is 6.43. The van der Waals surface area contributed by atoms with Gasteiger partial charge in [0.2, 0.25) is 10.0 Å². The highest BCUT2D eigenvalue weighted by atomic mass is 32.2. The number of carbonyl (C=O) groups excluding carboxylic acids is 1. The first-order valence-electron chi connectivity index (χ1n) is 6.55. The summed E-state index contributed by atoms with van der Waals surface area (Å²) in [5.41, 5.74) is 0.681. The van der Waals surface area contributed by atoms with E-state index in [1.165, 1.54) is 24.2 Å². The van der Waals surface area contributed by atoms with Crippen LogP contribution in [-0.4, -0.2) is 31.3 Å². The van der Waals surface area contributed by atoms with Gasteiger partial charge < -0.3 is 4.74 Å². The van der Waals surface area contributed by atoms with E-state index < -0.39 is 22.0 Å². The molecule has 1 N–H and O–H groups in total. The lowest BCUT2D eigenvalue weighted by atomic mass is 10.1. The summed E-state index contributed by atoms with van der Waals surface area (Å²) in [4.78, 5) is 11.6. The number of sulfonamides is 1. The number of esters is 1. The zero-order valence-electron chi connectivity index (χ0n) is 12.3. The Morgan fingerprint density at radius 2 is 2.05 bits per heavy atom. The van der Waals surface area contributed by atoms with Gasteiger partial charge in [-0.2, -0.15) is 5.10 Å². The van der Waals surface area contributed by atoms with Crippen LogP contribution in [0.25, 0.3) is 0 Å². The lowest BCUT2D eigenvalue weighted by Crippen LogP contribution is -2.30. The first-order valence-corrected chi connectivity index (χ1v) is 8.03. The molecule has 118 valence electrons. The highest BCUT2D eigenvalue weighted by Crippen LogP contribution is 2.20. The number of nitrogens with zero attached hydrogens (tertiary/aromatic N) is 2. The molecule has 2 aromatic rings. The smallest absolute Gasteiger partial charge is 0.307 e. The Labute approximate surface area is 129 Å². The number of carbonyl (C=O) groups is 1. The van der Waals surface area contributed by atoms with Gasteiger partial charge in [0.25, 0.3) is 0 Å². The first-order chi connectivity index (χ1) is 10.4. The molecule has 1 atom stereocenters. The molecule has 1 heterocycles. The predicted octanol–water partition coefficient (Wildman–Crippen LogP) is 1.00. The van der Waals surface area contributed by atoms with Crippen LogP contribution in [0, 0.1) is 0 Å². The third-order valence-electron chi connectivity index (χ3n) is 3.09. The molecule has 0 bridgehead atoms. The largest absolute Gasteiger partial charge is 0.469 e. The minimum atomic E-state index is -3.78. The Morgan fingerprint density at radius 3 is 2.59 bits per heavy atom. The number of methoxy groups -OCH3 is 1. The van der Waals surface area contributed by atoms with Gasteiger partial charge in [-0.05, 0) is 5.56 Å². The fourth-order valence-electron chi connectivity index (χ4n) is 1.96. The van der Waals surface area contributed by atoms with Crippen LogP contribution in [0.5, 0.6) is 0 Å². The number of aryl methyl sites for hydroxylation is 1. The molecule has 0 aliphatic rings. The Kier molecular flexibility index (Phi) is 4.94. The molecular formula is C14H17N3O4S. The molecule has 2 rings (SSSR count). The van der Waals surface area contributed by atoms with Gasteiger partial charge in [-0.1, -0.05) is 30.3 Å². The monoisotopic (exact) mass is 323 g/mol. The zero-order valence-corrected chi connectivity index (χ0v) is 13.1. The third kappa shape index (κ3) is 3.92. The van der Waals surface area contributed by atoms with Gasteiger partial charge in [-0.3, -0.25) is 9.48 Å². The van der Waals surface area contributed by atoms with Crippen LogP contribution in [0.4, 0.5) is 0 Å². The minimum Gasteiger partial charge on any atom is -0.469 e. The van der Waals surface area contributed by atoms with Gasteiger partial charge in [0, 0.05) is 13.2 Å². The van der Waals surface area contributed by atoms with E-state index in [0.29, 0.717) is 5.56 Å². The Balaban J connectivity index is 2.28. The molecule has 1 aromatic heterocycles. The average Bonchev–Trinajstić information content (AvgIpc) is 2.94. The molecule has 7 nitrogen and oxygen atoms in total. The summed E-state index contributed by atoms with van der Waals surface area (Å²) in [6, 6.07) is 8.15. The molecule has 1 aromatic carbocycles. The minimum absolute atomic E-state index is 0.0424. The van der Waals surface area contributed by atoms with Crippen LogP contribution >= 0.6 is 0 Å². The lowest BCUT2D eigenvalue weighted by Gasteiger charge is -2.17. The number of rotatable bonds is 6. The van der Waals surface area contributed by atoms with Crippen molar-refractivity contribution in [2.45, 2.75) is 17.4 Å². The highest BCUT2D eigenvalue weighted by molar-refractivity contribution is 7.89. The van der Waals surface area contributed by atoms with Crippen molar-refractivity contribution in [1.29, 1.82) is 0 Å².